The number of hydrogen-bond donors (Lipinski definition) is 3. The number of benzene rings is 1. The third-order valence-electron chi connectivity index (χ3n) is 4.32. The summed E-state index contributed by atoms with van der Waals surface area (Å²) in [4.78, 5) is 45.2. The quantitative estimate of drug-likeness (QED) is 0.541. The lowest BCUT2D eigenvalue weighted by Crippen LogP contribution is -2.40. The van der Waals surface area contributed by atoms with E-state index in [1.54, 1.807) is 7.05 Å². The molecule has 1 aromatic carbocycles. The molecule has 9 heteroatoms. The third kappa shape index (κ3) is 4.52. The zero-order valence-corrected chi connectivity index (χ0v) is 13.7. The SMILES string of the molecule is CNC(=O)C1CCC(NC(=O)c2cc(C(=O)O)cc([N+](=O)[O-])c2)CC1. The number of nitro groups is 1. The molecule has 0 radical (unpaired) electrons. The summed E-state index contributed by atoms with van der Waals surface area (Å²) in [6, 6.07) is 2.92. The molecular formula is C16H19N3O6. The second kappa shape index (κ2) is 7.73. The Morgan fingerprint density at radius 3 is 2.24 bits per heavy atom. The van der Waals surface area contributed by atoms with Gasteiger partial charge in [-0.05, 0) is 31.7 Å². The van der Waals surface area contributed by atoms with E-state index in [9.17, 15) is 24.5 Å². The van der Waals surface area contributed by atoms with Crippen molar-refractivity contribution >= 4 is 23.5 Å². The average molecular weight is 349 g/mol. The Bertz CT molecular complexity index is 678. The first-order valence-corrected chi connectivity index (χ1v) is 7.87. The van der Waals surface area contributed by atoms with E-state index < -0.39 is 22.5 Å². The fourth-order valence-electron chi connectivity index (χ4n) is 2.94. The molecule has 3 N–H and O–H groups in total. The van der Waals surface area contributed by atoms with Gasteiger partial charge in [-0.15, -0.1) is 0 Å². The van der Waals surface area contributed by atoms with E-state index in [1.807, 2.05) is 0 Å². The van der Waals surface area contributed by atoms with Gasteiger partial charge in [0, 0.05) is 36.7 Å². The molecule has 1 aliphatic rings. The highest BCUT2D eigenvalue weighted by Gasteiger charge is 2.27. The van der Waals surface area contributed by atoms with Gasteiger partial charge in [-0.25, -0.2) is 4.79 Å². The number of rotatable bonds is 5. The predicted octanol–water partition coefficient (Wildman–Crippen LogP) is 1.33. The Hall–Kier alpha value is -2.97. The number of nitro benzene ring substituents is 1. The van der Waals surface area contributed by atoms with Crippen molar-refractivity contribution in [2.45, 2.75) is 31.7 Å². The average Bonchev–Trinajstić information content (AvgIpc) is 2.61. The largest absolute Gasteiger partial charge is 0.478 e. The van der Waals surface area contributed by atoms with Crippen molar-refractivity contribution in [2.24, 2.45) is 5.92 Å². The first-order valence-electron chi connectivity index (χ1n) is 7.87. The fourth-order valence-corrected chi connectivity index (χ4v) is 2.94. The van der Waals surface area contributed by atoms with Crippen molar-refractivity contribution < 1.29 is 24.4 Å². The number of carboxylic acid groups (broad SMARTS) is 1. The lowest BCUT2D eigenvalue weighted by atomic mass is 9.85. The normalized spacial score (nSPS) is 19.7. The molecule has 134 valence electrons. The highest BCUT2D eigenvalue weighted by Crippen LogP contribution is 2.25. The van der Waals surface area contributed by atoms with Crippen LogP contribution in [0.1, 0.15) is 46.4 Å². The van der Waals surface area contributed by atoms with Crippen molar-refractivity contribution in [1.82, 2.24) is 10.6 Å². The number of hydrogen-bond acceptors (Lipinski definition) is 5. The maximum absolute atomic E-state index is 12.3. The van der Waals surface area contributed by atoms with Gasteiger partial charge in [0.2, 0.25) is 5.91 Å². The first-order chi connectivity index (χ1) is 11.8. The minimum atomic E-state index is -1.34. The van der Waals surface area contributed by atoms with Crippen molar-refractivity contribution in [3.05, 3.63) is 39.4 Å². The molecule has 1 fully saturated rings. The van der Waals surface area contributed by atoms with Gasteiger partial charge in [0.1, 0.15) is 0 Å². The van der Waals surface area contributed by atoms with Crippen LogP contribution in [0, 0.1) is 16.0 Å². The van der Waals surface area contributed by atoms with E-state index in [0.717, 1.165) is 18.2 Å². The number of amides is 2. The fraction of sp³-hybridized carbons (Fsp3) is 0.438. The molecule has 2 amide bonds. The molecule has 0 unspecified atom stereocenters. The molecule has 0 atom stereocenters. The summed E-state index contributed by atoms with van der Waals surface area (Å²) in [5, 5.41) is 25.3. The number of aromatic carboxylic acids is 1. The van der Waals surface area contributed by atoms with Crippen molar-refractivity contribution in [3.8, 4) is 0 Å². The Balaban J connectivity index is 2.07. The monoisotopic (exact) mass is 349 g/mol. The summed E-state index contributed by atoms with van der Waals surface area (Å²) in [5.41, 5.74) is -0.837. The van der Waals surface area contributed by atoms with E-state index in [-0.39, 0.29) is 29.0 Å². The van der Waals surface area contributed by atoms with Crippen LogP contribution in [0.25, 0.3) is 0 Å². The molecule has 9 nitrogen and oxygen atoms in total. The minimum absolute atomic E-state index is 0.0189. The molecule has 1 saturated carbocycles. The zero-order valence-electron chi connectivity index (χ0n) is 13.7. The zero-order chi connectivity index (χ0) is 18.6. The summed E-state index contributed by atoms with van der Waals surface area (Å²) in [5.74, 6) is -2.00. The molecule has 25 heavy (non-hydrogen) atoms. The molecule has 0 heterocycles. The topological polar surface area (TPSA) is 139 Å². The van der Waals surface area contributed by atoms with Crippen LogP contribution in [0.4, 0.5) is 5.69 Å². The highest BCUT2D eigenvalue weighted by atomic mass is 16.6. The van der Waals surface area contributed by atoms with Gasteiger partial charge in [0.25, 0.3) is 11.6 Å². The van der Waals surface area contributed by atoms with Crippen LogP contribution in [0.5, 0.6) is 0 Å². The van der Waals surface area contributed by atoms with Crippen LogP contribution >= 0.6 is 0 Å². The molecule has 0 bridgehead atoms. The minimum Gasteiger partial charge on any atom is -0.478 e. The second-order valence-electron chi connectivity index (χ2n) is 5.97. The lowest BCUT2D eigenvalue weighted by molar-refractivity contribution is -0.384. The van der Waals surface area contributed by atoms with Crippen LogP contribution in [0.15, 0.2) is 18.2 Å². The van der Waals surface area contributed by atoms with Gasteiger partial charge >= 0.3 is 5.97 Å². The van der Waals surface area contributed by atoms with Gasteiger partial charge in [0.05, 0.1) is 10.5 Å². The summed E-state index contributed by atoms with van der Waals surface area (Å²) in [6.45, 7) is 0. The second-order valence-corrected chi connectivity index (χ2v) is 5.97. The van der Waals surface area contributed by atoms with E-state index in [1.165, 1.54) is 0 Å². The smallest absolute Gasteiger partial charge is 0.335 e. The number of carbonyl (C=O) groups is 3. The molecule has 1 aromatic rings. The van der Waals surface area contributed by atoms with Gasteiger partial charge in [0.15, 0.2) is 0 Å². The Morgan fingerprint density at radius 2 is 1.72 bits per heavy atom. The predicted molar refractivity (Wildman–Crippen MR) is 87.3 cm³/mol. The van der Waals surface area contributed by atoms with Gasteiger partial charge in [-0.1, -0.05) is 0 Å². The maximum atomic E-state index is 12.3. The number of nitrogens with one attached hydrogen (secondary N) is 2. The van der Waals surface area contributed by atoms with E-state index >= 15 is 0 Å². The molecule has 0 aliphatic heterocycles. The van der Waals surface area contributed by atoms with E-state index in [2.05, 4.69) is 10.6 Å². The Kier molecular flexibility index (Phi) is 5.68. The van der Waals surface area contributed by atoms with Crippen LogP contribution in [0.3, 0.4) is 0 Å². The van der Waals surface area contributed by atoms with Gasteiger partial charge in [-0.3, -0.25) is 19.7 Å². The summed E-state index contributed by atoms with van der Waals surface area (Å²) >= 11 is 0. The van der Waals surface area contributed by atoms with Crippen molar-refractivity contribution in [3.63, 3.8) is 0 Å². The molecule has 0 aromatic heterocycles. The van der Waals surface area contributed by atoms with Crippen molar-refractivity contribution in [1.29, 1.82) is 0 Å². The molecular weight excluding hydrogens is 330 g/mol. The van der Waals surface area contributed by atoms with E-state index in [0.29, 0.717) is 25.7 Å². The lowest BCUT2D eigenvalue weighted by Gasteiger charge is -2.28. The van der Waals surface area contributed by atoms with Crippen LogP contribution in [-0.4, -0.2) is 40.9 Å². The summed E-state index contributed by atoms with van der Waals surface area (Å²) in [6.07, 6.45) is 2.51. The van der Waals surface area contributed by atoms with Crippen LogP contribution < -0.4 is 10.6 Å². The number of carboxylic acids is 1. The highest BCUT2D eigenvalue weighted by molar-refractivity contribution is 5.98. The van der Waals surface area contributed by atoms with Crippen LogP contribution in [-0.2, 0) is 4.79 Å². The Labute approximate surface area is 143 Å². The first kappa shape index (κ1) is 18.4. The van der Waals surface area contributed by atoms with Crippen molar-refractivity contribution in [2.75, 3.05) is 7.05 Å². The van der Waals surface area contributed by atoms with Crippen LogP contribution in [0.2, 0.25) is 0 Å². The third-order valence-corrected chi connectivity index (χ3v) is 4.32. The van der Waals surface area contributed by atoms with Gasteiger partial charge in [-0.2, -0.15) is 0 Å². The molecule has 0 saturated heterocycles. The molecule has 2 rings (SSSR count). The van der Waals surface area contributed by atoms with Gasteiger partial charge < -0.3 is 15.7 Å². The molecule has 0 spiro atoms. The summed E-state index contributed by atoms with van der Waals surface area (Å²) < 4.78 is 0. The summed E-state index contributed by atoms with van der Waals surface area (Å²) in [7, 11) is 1.58. The number of carbonyl (C=O) groups excluding carboxylic acids is 2. The Morgan fingerprint density at radius 1 is 1.12 bits per heavy atom. The van der Waals surface area contributed by atoms with E-state index in [4.69, 9.17) is 5.11 Å². The maximum Gasteiger partial charge on any atom is 0.335 e. The molecule has 1 aliphatic carbocycles. The number of nitrogens with zero attached hydrogens (tertiary/aromatic N) is 1. The number of non-ortho nitro benzene ring substituents is 1. The standard InChI is InChI=1S/C16H19N3O6/c1-17-14(20)9-2-4-12(5-3-9)18-15(21)10-6-11(16(22)23)8-13(7-10)19(24)25/h6-9,12H,2-5H2,1H3,(H,17,20)(H,18,21)(H,22,23).